The predicted molar refractivity (Wildman–Crippen MR) is 83.9 cm³/mol. The van der Waals surface area contributed by atoms with Crippen molar-refractivity contribution >= 4 is 41.0 Å². The fraction of sp³-hybridized carbons (Fsp3) is 0.429. The molecule has 4 atom stereocenters. The highest BCUT2D eigenvalue weighted by molar-refractivity contribution is 8.00. The van der Waals surface area contributed by atoms with E-state index in [1.807, 2.05) is 0 Å². The van der Waals surface area contributed by atoms with Crippen molar-refractivity contribution in [2.75, 3.05) is 0 Å². The zero-order chi connectivity index (χ0) is 17.1. The molecule has 0 spiro atoms. The highest BCUT2D eigenvalue weighted by Crippen LogP contribution is 2.42. The SMILES string of the molecule is O=C(O)C1CC(Cl)C(Sc2ccc([N+](=O)[O-])cc2)CC1C(=O)O. The number of carboxylic acids is 2. The molecule has 0 heterocycles. The van der Waals surface area contributed by atoms with E-state index in [-0.39, 0.29) is 23.8 Å². The van der Waals surface area contributed by atoms with Gasteiger partial charge < -0.3 is 10.2 Å². The Morgan fingerprint density at radius 3 is 2.13 bits per heavy atom. The smallest absolute Gasteiger partial charge is 0.307 e. The number of aliphatic carboxylic acids is 2. The lowest BCUT2D eigenvalue weighted by molar-refractivity contribution is -0.384. The summed E-state index contributed by atoms with van der Waals surface area (Å²) < 4.78 is 0. The third-order valence-corrected chi connectivity index (χ3v) is 5.82. The molecular formula is C14H14ClNO6S. The van der Waals surface area contributed by atoms with Gasteiger partial charge in [0, 0.05) is 27.7 Å². The van der Waals surface area contributed by atoms with E-state index in [1.165, 1.54) is 23.9 Å². The van der Waals surface area contributed by atoms with Gasteiger partial charge >= 0.3 is 11.9 Å². The number of carbonyl (C=O) groups is 2. The van der Waals surface area contributed by atoms with Gasteiger partial charge in [-0.1, -0.05) is 0 Å². The highest BCUT2D eigenvalue weighted by Gasteiger charge is 2.43. The molecule has 2 rings (SSSR count). The van der Waals surface area contributed by atoms with Crippen LogP contribution in [0, 0.1) is 22.0 Å². The molecule has 1 saturated carbocycles. The minimum Gasteiger partial charge on any atom is -0.481 e. The first kappa shape index (κ1) is 17.6. The molecule has 1 aromatic rings. The van der Waals surface area contributed by atoms with Crippen LogP contribution in [0.1, 0.15) is 12.8 Å². The molecule has 0 aromatic heterocycles. The van der Waals surface area contributed by atoms with Crippen LogP contribution in [0.5, 0.6) is 0 Å². The van der Waals surface area contributed by atoms with Gasteiger partial charge in [0.1, 0.15) is 0 Å². The van der Waals surface area contributed by atoms with Gasteiger partial charge in [0.05, 0.1) is 16.8 Å². The van der Waals surface area contributed by atoms with E-state index in [0.717, 1.165) is 4.90 Å². The van der Waals surface area contributed by atoms with Crippen molar-refractivity contribution in [3.63, 3.8) is 0 Å². The normalized spacial score (nSPS) is 27.3. The molecule has 23 heavy (non-hydrogen) atoms. The number of alkyl halides is 1. The van der Waals surface area contributed by atoms with Crippen LogP contribution < -0.4 is 0 Å². The van der Waals surface area contributed by atoms with Crippen molar-refractivity contribution < 1.29 is 24.7 Å². The predicted octanol–water partition coefficient (Wildman–Crippen LogP) is 2.86. The fourth-order valence-electron chi connectivity index (χ4n) is 2.61. The van der Waals surface area contributed by atoms with E-state index in [1.54, 1.807) is 12.1 Å². The van der Waals surface area contributed by atoms with Gasteiger partial charge in [-0.25, -0.2) is 0 Å². The number of thioether (sulfide) groups is 1. The van der Waals surface area contributed by atoms with E-state index in [2.05, 4.69) is 0 Å². The zero-order valence-corrected chi connectivity index (χ0v) is 13.4. The molecule has 2 N–H and O–H groups in total. The maximum Gasteiger partial charge on any atom is 0.307 e. The monoisotopic (exact) mass is 359 g/mol. The Labute approximate surface area is 140 Å². The topological polar surface area (TPSA) is 118 Å². The van der Waals surface area contributed by atoms with Gasteiger partial charge in [-0.15, -0.1) is 23.4 Å². The van der Waals surface area contributed by atoms with Crippen LogP contribution in [0.15, 0.2) is 29.2 Å². The number of nitro groups is 1. The summed E-state index contributed by atoms with van der Waals surface area (Å²) in [5.41, 5.74) is -0.0326. The second-order valence-corrected chi connectivity index (χ2v) is 7.16. The van der Waals surface area contributed by atoms with Crippen molar-refractivity contribution in [2.45, 2.75) is 28.4 Å². The average molecular weight is 360 g/mol. The largest absolute Gasteiger partial charge is 0.481 e. The number of non-ortho nitro benzene ring substituents is 1. The molecule has 4 unspecified atom stereocenters. The maximum absolute atomic E-state index is 11.3. The van der Waals surface area contributed by atoms with Crippen molar-refractivity contribution in [3.8, 4) is 0 Å². The molecule has 1 aliphatic rings. The average Bonchev–Trinajstić information content (AvgIpc) is 2.49. The van der Waals surface area contributed by atoms with Crippen molar-refractivity contribution in [2.24, 2.45) is 11.8 Å². The molecule has 124 valence electrons. The van der Waals surface area contributed by atoms with Crippen LogP contribution in [-0.2, 0) is 9.59 Å². The third-order valence-electron chi connectivity index (χ3n) is 3.82. The van der Waals surface area contributed by atoms with Crippen molar-refractivity contribution in [1.82, 2.24) is 0 Å². The van der Waals surface area contributed by atoms with E-state index in [4.69, 9.17) is 16.7 Å². The lowest BCUT2D eigenvalue weighted by Crippen LogP contribution is -2.41. The summed E-state index contributed by atoms with van der Waals surface area (Å²) in [6.45, 7) is 0. The first-order valence-electron chi connectivity index (χ1n) is 6.80. The zero-order valence-electron chi connectivity index (χ0n) is 11.8. The summed E-state index contributed by atoms with van der Waals surface area (Å²) in [4.78, 5) is 33.3. The summed E-state index contributed by atoms with van der Waals surface area (Å²) in [7, 11) is 0. The van der Waals surface area contributed by atoms with Crippen LogP contribution in [0.4, 0.5) is 5.69 Å². The van der Waals surface area contributed by atoms with Crippen LogP contribution in [-0.4, -0.2) is 37.7 Å². The van der Waals surface area contributed by atoms with Crippen LogP contribution in [0.25, 0.3) is 0 Å². The van der Waals surface area contributed by atoms with Crippen LogP contribution >= 0.6 is 23.4 Å². The molecule has 0 radical (unpaired) electrons. The van der Waals surface area contributed by atoms with E-state index < -0.39 is 34.1 Å². The molecule has 0 bridgehead atoms. The molecule has 0 aliphatic heterocycles. The molecule has 0 amide bonds. The van der Waals surface area contributed by atoms with Crippen molar-refractivity contribution in [1.29, 1.82) is 0 Å². The standard InChI is InChI=1S/C14H14ClNO6S/c15-11-5-9(13(17)18)10(14(19)20)6-12(11)23-8-3-1-7(2-4-8)16(21)22/h1-4,9-12H,5-6H2,(H,17,18)(H,19,20). The number of hydrogen-bond acceptors (Lipinski definition) is 5. The van der Waals surface area contributed by atoms with Gasteiger partial charge in [-0.3, -0.25) is 19.7 Å². The number of carboxylic acid groups (broad SMARTS) is 2. The minimum atomic E-state index is -1.15. The van der Waals surface area contributed by atoms with Gasteiger partial charge in [-0.05, 0) is 25.0 Å². The van der Waals surface area contributed by atoms with E-state index in [9.17, 15) is 24.8 Å². The summed E-state index contributed by atoms with van der Waals surface area (Å²) in [5.74, 6) is -4.28. The number of benzene rings is 1. The molecule has 1 fully saturated rings. The van der Waals surface area contributed by atoms with Gasteiger partial charge in [0.25, 0.3) is 5.69 Å². The van der Waals surface area contributed by atoms with Gasteiger partial charge in [0.2, 0.25) is 0 Å². The molecule has 1 aliphatic carbocycles. The Bertz CT molecular complexity index is 622. The Morgan fingerprint density at radius 1 is 1.13 bits per heavy atom. The quantitative estimate of drug-likeness (QED) is 0.471. The summed E-state index contributed by atoms with van der Waals surface area (Å²) in [6, 6.07) is 5.88. The highest BCUT2D eigenvalue weighted by atomic mass is 35.5. The molecule has 9 heteroatoms. The Kier molecular flexibility index (Phi) is 5.48. The minimum absolute atomic E-state index is 0.0326. The fourth-order valence-corrected chi connectivity index (χ4v) is 4.26. The molecule has 7 nitrogen and oxygen atoms in total. The maximum atomic E-state index is 11.3. The number of halogens is 1. The first-order valence-corrected chi connectivity index (χ1v) is 8.12. The molecule has 0 saturated heterocycles. The van der Waals surface area contributed by atoms with E-state index in [0.29, 0.717) is 0 Å². The Morgan fingerprint density at radius 2 is 1.65 bits per heavy atom. The van der Waals surface area contributed by atoms with Gasteiger partial charge in [0.15, 0.2) is 0 Å². The van der Waals surface area contributed by atoms with Crippen LogP contribution in [0.2, 0.25) is 0 Å². The lowest BCUT2D eigenvalue weighted by Gasteiger charge is -2.34. The summed E-state index contributed by atoms with van der Waals surface area (Å²) in [6.07, 6.45) is 0.223. The summed E-state index contributed by atoms with van der Waals surface area (Å²) >= 11 is 7.55. The number of rotatable bonds is 5. The number of nitrogens with zero attached hydrogens (tertiary/aromatic N) is 1. The summed E-state index contributed by atoms with van der Waals surface area (Å²) in [5, 5.41) is 28.3. The second-order valence-electron chi connectivity index (χ2n) is 5.28. The number of hydrogen-bond donors (Lipinski definition) is 2. The molecule has 1 aromatic carbocycles. The third kappa shape index (κ3) is 4.14. The van der Waals surface area contributed by atoms with E-state index >= 15 is 0 Å². The second kappa shape index (κ2) is 7.18. The first-order chi connectivity index (χ1) is 10.8. The Hall–Kier alpha value is -1.80. The van der Waals surface area contributed by atoms with Crippen LogP contribution in [0.3, 0.4) is 0 Å². The Balaban J connectivity index is 2.11. The van der Waals surface area contributed by atoms with Crippen molar-refractivity contribution in [3.05, 3.63) is 34.4 Å². The lowest BCUT2D eigenvalue weighted by atomic mass is 9.79. The van der Waals surface area contributed by atoms with Gasteiger partial charge in [-0.2, -0.15) is 0 Å². The molecular weight excluding hydrogens is 346 g/mol. The number of nitro benzene ring substituents is 1.